The number of barbiturate groups is 1. The minimum atomic E-state index is -1.13. The number of amides is 4. The van der Waals surface area contributed by atoms with Crippen molar-refractivity contribution in [3.8, 4) is 0 Å². The van der Waals surface area contributed by atoms with E-state index in [-0.39, 0.29) is 22.6 Å². The summed E-state index contributed by atoms with van der Waals surface area (Å²) in [5.41, 5.74) is -0.127. The number of furan rings is 1. The van der Waals surface area contributed by atoms with Crippen LogP contribution >= 0.6 is 0 Å². The monoisotopic (exact) mass is 326 g/mol. The van der Waals surface area contributed by atoms with Crippen molar-refractivity contribution in [2.24, 2.45) is 0 Å². The van der Waals surface area contributed by atoms with Gasteiger partial charge in [0.05, 0.1) is 17.5 Å². The zero-order valence-corrected chi connectivity index (χ0v) is 12.1. The van der Waals surface area contributed by atoms with E-state index in [0.717, 1.165) is 4.90 Å². The standard InChI is InChI=1S/C16H10N2O6/c19-13-12(8-11-2-1-7-24-11)14(20)18(16(23)17-13)10-5-3-9(4-6-10)15(21)22/h1-8H,(H,21,22)(H,17,19,23)/b12-8+. The summed E-state index contributed by atoms with van der Waals surface area (Å²) in [5, 5.41) is 10.9. The number of anilines is 1. The van der Waals surface area contributed by atoms with Crippen LogP contribution in [0.5, 0.6) is 0 Å². The lowest BCUT2D eigenvalue weighted by atomic mass is 10.1. The van der Waals surface area contributed by atoms with Gasteiger partial charge in [-0.15, -0.1) is 0 Å². The average molecular weight is 326 g/mol. The predicted molar refractivity (Wildman–Crippen MR) is 81.1 cm³/mol. The zero-order chi connectivity index (χ0) is 17.3. The highest BCUT2D eigenvalue weighted by atomic mass is 16.4. The molecule has 0 atom stereocenters. The molecular weight excluding hydrogens is 316 g/mol. The van der Waals surface area contributed by atoms with Gasteiger partial charge in [-0.2, -0.15) is 0 Å². The van der Waals surface area contributed by atoms with E-state index in [1.54, 1.807) is 12.1 Å². The fraction of sp³-hybridized carbons (Fsp3) is 0. The maximum atomic E-state index is 12.5. The van der Waals surface area contributed by atoms with Crippen molar-refractivity contribution < 1.29 is 28.7 Å². The quantitative estimate of drug-likeness (QED) is 0.654. The summed E-state index contributed by atoms with van der Waals surface area (Å²) in [6, 6.07) is 7.35. The summed E-state index contributed by atoms with van der Waals surface area (Å²) in [6.45, 7) is 0. The van der Waals surface area contributed by atoms with Crippen molar-refractivity contribution in [2.75, 3.05) is 4.90 Å². The Hall–Kier alpha value is -3.68. The van der Waals surface area contributed by atoms with Crippen LogP contribution in [0.25, 0.3) is 6.08 Å². The first-order chi connectivity index (χ1) is 11.5. The van der Waals surface area contributed by atoms with Crippen LogP contribution in [0.4, 0.5) is 10.5 Å². The van der Waals surface area contributed by atoms with Crippen molar-refractivity contribution in [1.29, 1.82) is 0 Å². The first-order valence-corrected chi connectivity index (χ1v) is 6.75. The Balaban J connectivity index is 1.98. The first kappa shape index (κ1) is 15.2. The van der Waals surface area contributed by atoms with E-state index < -0.39 is 23.8 Å². The van der Waals surface area contributed by atoms with Crippen molar-refractivity contribution in [2.45, 2.75) is 0 Å². The molecule has 1 aromatic carbocycles. The molecule has 120 valence electrons. The van der Waals surface area contributed by atoms with E-state index in [4.69, 9.17) is 9.52 Å². The van der Waals surface area contributed by atoms with Gasteiger partial charge in [-0.25, -0.2) is 14.5 Å². The second-order valence-corrected chi connectivity index (χ2v) is 4.83. The lowest BCUT2D eigenvalue weighted by molar-refractivity contribution is -0.122. The van der Waals surface area contributed by atoms with Crippen LogP contribution < -0.4 is 10.2 Å². The summed E-state index contributed by atoms with van der Waals surface area (Å²) < 4.78 is 5.07. The molecule has 3 rings (SSSR count). The number of rotatable bonds is 3. The lowest BCUT2D eigenvalue weighted by Crippen LogP contribution is -2.54. The molecule has 0 spiro atoms. The number of carbonyl (C=O) groups is 4. The smallest absolute Gasteiger partial charge is 0.335 e. The van der Waals surface area contributed by atoms with Crippen LogP contribution in [-0.2, 0) is 9.59 Å². The van der Waals surface area contributed by atoms with Crippen LogP contribution in [0.15, 0.2) is 52.7 Å². The highest BCUT2D eigenvalue weighted by Crippen LogP contribution is 2.22. The van der Waals surface area contributed by atoms with Gasteiger partial charge in [0, 0.05) is 0 Å². The molecule has 1 saturated heterocycles. The molecule has 0 radical (unpaired) electrons. The van der Waals surface area contributed by atoms with E-state index in [1.165, 1.54) is 36.6 Å². The minimum absolute atomic E-state index is 0.00560. The molecule has 2 heterocycles. The summed E-state index contributed by atoms with van der Waals surface area (Å²) >= 11 is 0. The van der Waals surface area contributed by atoms with Crippen LogP contribution in [0.3, 0.4) is 0 Å². The number of carboxylic acid groups (broad SMARTS) is 1. The van der Waals surface area contributed by atoms with Crippen LogP contribution in [0.2, 0.25) is 0 Å². The molecule has 2 N–H and O–H groups in total. The second-order valence-electron chi connectivity index (χ2n) is 4.83. The maximum absolute atomic E-state index is 12.5. The molecule has 1 aromatic heterocycles. The number of benzene rings is 1. The van der Waals surface area contributed by atoms with E-state index in [1.807, 2.05) is 0 Å². The third-order valence-electron chi connectivity index (χ3n) is 3.30. The van der Waals surface area contributed by atoms with Crippen molar-refractivity contribution in [1.82, 2.24) is 5.32 Å². The molecule has 0 unspecified atom stereocenters. The molecule has 1 aliphatic heterocycles. The Morgan fingerprint density at radius 2 is 1.83 bits per heavy atom. The van der Waals surface area contributed by atoms with Crippen molar-refractivity contribution >= 4 is 35.6 Å². The highest BCUT2D eigenvalue weighted by Gasteiger charge is 2.37. The third-order valence-corrected chi connectivity index (χ3v) is 3.30. The molecule has 24 heavy (non-hydrogen) atoms. The van der Waals surface area contributed by atoms with Gasteiger partial charge in [-0.05, 0) is 42.5 Å². The lowest BCUT2D eigenvalue weighted by Gasteiger charge is -2.26. The molecule has 0 saturated carbocycles. The number of carbonyl (C=O) groups excluding carboxylic acids is 3. The summed E-state index contributed by atoms with van der Waals surface area (Å²) in [6.07, 6.45) is 2.61. The van der Waals surface area contributed by atoms with Crippen LogP contribution in [0.1, 0.15) is 16.1 Å². The molecular formula is C16H10N2O6. The topological polar surface area (TPSA) is 117 Å². The van der Waals surface area contributed by atoms with E-state index in [0.29, 0.717) is 0 Å². The predicted octanol–water partition coefficient (Wildman–Crippen LogP) is 1.64. The second kappa shape index (κ2) is 5.84. The van der Waals surface area contributed by atoms with Gasteiger partial charge in [0.1, 0.15) is 11.3 Å². The Kier molecular flexibility index (Phi) is 3.70. The fourth-order valence-corrected chi connectivity index (χ4v) is 2.16. The summed E-state index contributed by atoms with van der Waals surface area (Å²) in [7, 11) is 0. The number of aromatic carboxylic acids is 1. The first-order valence-electron chi connectivity index (χ1n) is 6.75. The van der Waals surface area contributed by atoms with Gasteiger partial charge in [0.25, 0.3) is 11.8 Å². The number of nitrogens with one attached hydrogen (secondary N) is 1. The summed E-state index contributed by atoms with van der Waals surface area (Å²) in [4.78, 5) is 48.0. The van der Waals surface area contributed by atoms with E-state index in [9.17, 15) is 19.2 Å². The van der Waals surface area contributed by atoms with Gasteiger partial charge < -0.3 is 9.52 Å². The van der Waals surface area contributed by atoms with Gasteiger partial charge in [0.15, 0.2) is 0 Å². The Morgan fingerprint density at radius 1 is 1.12 bits per heavy atom. The van der Waals surface area contributed by atoms with Gasteiger partial charge in [-0.3, -0.25) is 14.9 Å². The number of hydrogen-bond acceptors (Lipinski definition) is 5. The number of urea groups is 1. The summed E-state index contributed by atoms with van der Waals surface area (Å²) in [5.74, 6) is -2.52. The Morgan fingerprint density at radius 3 is 2.42 bits per heavy atom. The molecule has 0 aliphatic carbocycles. The minimum Gasteiger partial charge on any atom is -0.478 e. The number of hydrogen-bond donors (Lipinski definition) is 2. The van der Waals surface area contributed by atoms with Gasteiger partial charge >= 0.3 is 12.0 Å². The third kappa shape index (κ3) is 2.68. The van der Waals surface area contributed by atoms with E-state index in [2.05, 4.69) is 5.32 Å². The SMILES string of the molecule is O=C1NC(=O)N(c2ccc(C(=O)O)cc2)C(=O)/C1=C/c1ccco1. The molecule has 8 nitrogen and oxygen atoms in total. The fourth-order valence-electron chi connectivity index (χ4n) is 2.16. The molecule has 0 bridgehead atoms. The maximum Gasteiger partial charge on any atom is 0.335 e. The number of nitrogens with zero attached hydrogens (tertiary/aromatic N) is 1. The van der Waals surface area contributed by atoms with E-state index >= 15 is 0 Å². The van der Waals surface area contributed by atoms with Crippen LogP contribution in [-0.4, -0.2) is 28.9 Å². The molecule has 1 aliphatic rings. The largest absolute Gasteiger partial charge is 0.478 e. The van der Waals surface area contributed by atoms with Crippen LogP contribution in [0, 0.1) is 0 Å². The highest BCUT2D eigenvalue weighted by molar-refractivity contribution is 6.39. The normalized spacial score (nSPS) is 16.4. The van der Waals surface area contributed by atoms with Gasteiger partial charge in [0.2, 0.25) is 0 Å². The zero-order valence-electron chi connectivity index (χ0n) is 12.1. The molecule has 8 heteroatoms. The Labute approximate surface area is 135 Å². The average Bonchev–Trinajstić information content (AvgIpc) is 3.05. The Bertz CT molecular complexity index is 864. The van der Waals surface area contributed by atoms with Crippen molar-refractivity contribution in [3.05, 3.63) is 59.6 Å². The molecule has 4 amide bonds. The van der Waals surface area contributed by atoms with Gasteiger partial charge in [-0.1, -0.05) is 0 Å². The molecule has 2 aromatic rings. The number of imide groups is 2. The number of carboxylic acids is 1. The van der Waals surface area contributed by atoms with Crippen molar-refractivity contribution in [3.63, 3.8) is 0 Å². The molecule has 1 fully saturated rings.